The van der Waals surface area contributed by atoms with Crippen LogP contribution in [0.15, 0.2) is 0 Å². The lowest BCUT2D eigenvalue weighted by Crippen LogP contribution is -2.30. The number of ketones is 1. The summed E-state index contributed by atoms with van der Waals surface area (Å²) in [6.45, 7) is 2.54. The quantitative estimate of drug-likeness (QED) is 0.483. The highest BCUT2D eigenvalue weighted by atomic mass is 16.3. The molecule has 0 bridgehead atoms. The van der Waals surface area contributed by atoms with Crippen LogP contribution in [-0.4, -0.2) is 16.5 Å². The van der Waals surface area contributed by atoms with Gasteiger partial charge in [0.1, 0.15) is 0 Å². The van der Waals surface area contributed by atoms with Gasteiger partial charge in [0.25, 0.3) is 0 Å². The van der Waals surface area contributed by atoms with Crippen molar-refractivity contribution in [2.24, 2.45) is 0 Å². The Morgan fingerprint density at radius 3 is 2.25 bits per heavy atom. The van der Waals surface area contributed by atoms with Crippen molar-refractivity contribution >= 4 is 5.78 Å². The van der Waals surface area contributed by atoms with Crippen molar-refractivity contribution < 1.29 is 9.90 Å². The normalized spacial score (nSPS) is 16.2. The molecule has 2 heteroatoms. The van der Waals surface area contributed by atoms with Gasteiger partial charge in [0.15, 0.2) is 11.4 Å². The van der Waals surface area contributed by atoms with Crippen molar-refractivity contribution in [3.63, 3.8) is 0 Å². The van der Waals surface area contributed by atoms with Crippen molar-refractivity contribution in [1.82, 2.24) is 0 Å². The monoisotopic (exact) mass is 112 g/mol. The van der Waals surface area contributed by atoms with Crippen LogP contribution in [0, 0.1) is 12.3 Å². The topological polar surface area (TPSA) is 37.3 Å². The van der Waals surface area contributed by atoms with Crippen LogP contribution in [0.25, 0.3) is 0 Å². The Balaban J connectivity index is 4.19. The van der Waals surface area contributed by atoms with E-state index in [4.69, 9.17) is 11.5 Å². The molecule has 8 heavy (non-hydrogen) atoms. The third kappa shape index (κ3) is 1.36. The van der Waals surface area contributed by atoms with Gasteiger partial charge in [-0.15, -0.1) is 6.42 Å². The molecule has 0 heterocycles. The molecule has 0 saturated heterocycles. The van der Waals surface area contributed by atoms with Gasteiger partial charge in [-0.1, -0.05) is 5.92 Å². The van der Waals surface area contributed by atoms with E-state index in [1.807, 2.05) is 5.92 Å². The van der Waals surface area contributed by atoms with E-state index in [-0.39, 0.29) is 0 Å². The van der Waals surface area contributed by atoms with E-state index >= 15 is 0 Å². The van der Waals surface area contributed by atoms with Crippen molar-refractivity contribution in [3.8, 4) is 12.3 Å². The van der Waals surface area contributed by atoms with Crippen LogP contribution in [0.5, 0.6) is 0 Å². The van der Waals surface area contributed by atoms with Gasteiger partial charge in [-0.05, 0) is 13.8 Å². The molecular formula is C6H8O2. The molecular weight excluding hydrogens is 104 g/mol. The van der Waals surface area contributed by atoms with Crippen LogP contribution < -0.4 is 0 Å². The van der Waals surface area contributed by atoms with Crippen LogP contribution in [0.1, 0.15) is 13.8 Å². The van der Waals surface area contributed by atoms with E-state index in [1.165, 1.54) is 13.8 Å². The fourth-order valence-electron chi connectivity index (χ4n) is 0.102. The first kappa shape index (κ1) is 7.19. The summed E-state index contributed by atoms with van der Waals surface area (Å²) in [6.07, 6.45) is 4.79. The number of rotatable bonds is 1. The number of aliphatic hydroxyl groups is 1. The van der Waals surface area contributed by atoms with Crippen molar-refractivity contribution in [3.05, 3.63) is 0 Å². The predicted molar refractivity (Wildman–Crippen MR) is 30.1 cm³/mol. The largest absolute Gasteiger partial charge is 0.371 e. The van der Waals surface area contributed by atoms with E-state index in [0.29, 0.717) is 0 Å². The first-order valence-electron chi connectivity index (χ1n) is 2.22. The molecule has 0 aliphatic rings. The summed E-state index contributed by atoms with van der Waals surface area (Å²) in [7, 11) is 0. The summed E-state index contributed by atoms with van der Waals surface area (Å²) in [5, 5.41) is 8.81. The van der Waals surface area contributed by atoms with Gasteiger partial charge < -0.3 is 5.11 Å². The fraction of sp³-hybridized carbons (Fsp3) is 0.500. The summed E-state index contributed by atoms with van der Waals surface area (Å²) in [5.41, 5.74) is -1.57. The van der Waals surface area contributed by atoms with Gasteiger partial charge in [-0.25, -0.2) is 0 Å². The molecule has 0 amide bonds. The molecule has 0 aliphatic carbocycles. The Morgan fingerprint density at radius 2 is 2.25 bits per heavy atom. The number of hydrogen-bond donors (Lipinski definition) is 1. The van der Waals surface area contributed by atoms with Crippen LogP contribution in [0.4, 0.5) is 0 Å². The van der Waals surface area contributed by atoms with Crippen LogP contribution in [-0.2, 0) is 4.79 Å². The predicted octanol–water partition coefficient (Wildman–Crippen LogP) is -0.0404. The van der Waals surface area contributed by atoms with Crippen molar-refractivity contribution in [2.45, 2.75) is 19.4 Å². The fourth-order valence-corrected chi connectivity index (χ4v) is 0.102. The lowest BCUT2D eigenvalue weighted by atomic mass is 10.0. The second-order valence-electron chi connectivity index (χ2n) is 1.77. The van der Waals surface area contributed by atoms with Crippen LogP contribution in [0.2, 0.25) is 0 Å². The summed E-state index contributed by atoms with van der Waals surface area (Å²) >= 11 is 0. The third-order valence-electron chi connectivity index (χ3n) is 0.967. The Kier molecular flexibility index (Phi) is 1.77. The van der Waals surface area contributed by atoms with Gasteiger partial charge in [-0.2, -0.15) is 0 Å². The molecule has 0 radical (unpaired) electrons. The first-order valence-corrected chi connectivity index (χ1v) is 2.22. The SMILES string of the molecule is C#CC(C)(O)C(C)=O. The van der Waals surface area contributed by atoms with E-state index in [9.17, 15) is 4.79 Å². The number of carbonyl (C=O) groups is 1. The lowest BCUT2D eigenvalue weighted by Gasteiger charge is -2.09. The van der Waals surface area contributed by atoms with Crippen LogP contribution in [0.3, 0.4) is 0 Å². The molecule has 44 valence electrons. The highest BCUT2D eigenvalue weighted by Crippen LogP contribution is 1.99. The van der Waals surface area contributed by atoms with E-state index < -0.39 is 11.4 Å². The minimum atomic E-state index is -1.57. The highest BCUT2D eigenvalue weighted by Gasteiger charge is 2.21. The molecule has 1 unspecified atom stereocenters. The third-order valence-corrected chi connectivity index (χ3v) is 0.967. The van der Waals surface area contributed by atoms with Crippen LogP contribution >= 0.6 is 0 Å². The summed E-state index contributed by atoms with van der Waals surface area (Å²) in [5.74, 6) is 1.54. The summed E-state index contributed by atoms with van der Waals surface area (Å²) in [6, 6.07) is 0. The maximum Gasteiger partial charge on any atom is 0.180 e. The molecule has 0 fully saturated rings. The average molecular weight is 112 g/mol. The zero-order valence-electron chi connectivity index (χ0n) is 4.93. The standard InChI is InChI=1S/C6H8O2/c1-4-6(3,8)5(2)7/h1,8H,2-3H3. The molecule has 1 N–H and O–H groups in total. The number of hydrogen-bond acceptors (Lipinski definition) is 2. The summed E-state index contributed by atoms with van der Waals surface area (Å²) < 4.78 is 0. The Bertz CT molecular complexity index is 139. The van der Waals surface area contributed by atoms with E-state index in [1.54, 1.807) is 0 Å². The lowest BCUT2D eigenvalue weighted by molar-refractivity contribution is -0.128. The van der Waals surface area contributed by atoms with Gasteiger partial charge in [0.05, 0.1) is 0 Å². The second-order valence-corrected chi connectivity index (χ2v) is 1.77. The molecule has 0 aliphatic heterocycles. The molecule has 0 aromatic heterocycles. The zero-order valence-corrected chi connectivity index (χ0v) is 4.93. The Morgan fingerprint density at radius 1 is 1.88 bits per heavy atom. The molecule has 0 saturated carbocycles. The maximum atomic E-state index is 10.3. The van der Waals surface area contributed by atoms with Gasteiger partial charge in [0.2, 0.25) is 0 Å². The molecule has 0 spiro atoms. The van der Waals surface area contributed by atoms with Gasteiger partial charge in [0, 0.05) is 0 Å². The second kappa shape index (κ2) is 1.97. The number of Topliss-reactive ketones (excluding diaryl/α,β-unsaturated/α-hetero) is 1. The van der Waals surface area contributed by atoms with Crippen molar-refractivity contribution in [2.75, 3.05) is 0 Å². The smallest absolute Gasteiger partial charge is 0.180 e. The van der Waals surface area contributed by atoms with Crippen molar-refractivity contribution in [1.29, 1.82) is 0 Å². The van der Waals surface area contributed by atoms with E-state index in [2.05, 4.69) is 0 Å². The molecule has 0 aromatic rings. The average Bonchev–Trinajstić information content (AvgIpc) is 1.67. The maximum absolute atomic E-state index is 10.3. The van der Waals surface area contributed by atoms with Gasteiger partial charge >= 0.3 is 0 Å². The summed E-state index contributed by atoms with van der Waals surface area (Å²) in [4.78, 5) is 10.3. The zero-order chi connectivity index (χ0) is 6.78. The molecule has 2 nitrogen and oxygen atoms in total. The molecule has 1 atom stereocenters. The molecule has 0 aromatic carbocycles. The van der Waals surface area contributed by atoms with Gasteiger partial charge in [-0.3, -0.25) is 4.79 Å². The number of terminal acetylenes is 1. The molecule has 0 rings (SSSR count). The Labute approximate surface area is 48.5 Å². The number of carbonyl (C=O) groups excluding carboxylic acids is 1. The minimum absolute atomic E-state index is 0.403. The Hall–Kier alpha value is -0.810. The minimum Gasteiger partial charge on any atom is -0.371 e. The first-order chi connectivity index (χ1) is 3.50. The highest BCUT2D eigenvalue weighted by molar-refractivity contribution is 5.87. The van der Waals surface area contributed by atoms with E-state index in [0.717, 1.165) is 0 Å².